The van der Waals surface area contributed by atoms with Crippen molar-refractivity contribution < 1.29 is 34.0 Å². The van der Waals surface area contributed by atoms with Gasteiger partial charge in [-0.2, -0.15) is 0 Å². The molecule has 4 atom stereocenters. The van der Waals surface area contributed by atoms with Crippen molar-refractivity contribution in [1.29, 1.82) is 0 Å². The minimum Gasteiger partial charge on any atom is -0.394 e. The standard InChI is InChI=1S/C6H14O7S/c1-14(12,13)6(11)5(10)4(9)3(8)2-7/h3-11H,2H2,1H3. The minimum atomic E-state index is -3.94. The number of aliphatic hydroxyl groups excluding tert-OH is 5. The zero-order chi connectivity index (χ0) is 11.5. The predicted molar refractivity (Wildman–Crippen MR) is 46.0 cm³/mol. The topological polar surface area (TPSA) is 135 Å². The van der Waals surface area contributed by atoms with Crippen LogP contribution in [0, 0.1) is 0 Å². The van der Waals surface area contributed by atoms with Gasteiger partial charge in [-0.25, -0.2) is 8.42 Å². The Kier molecular flexibility index (Phi) is 4.92. The molecule has 4 unspecified atom stereocenters. The van der Waals surface area contributed by atoms with Crippen LogP contribution in [0.1, 0.15) is 0 Å². The van der Waals surface area contributed by atoms with Gasteiger partial charge in [0.05, 0.1) is 6.61 Å². The van der Waals surface area contributed by atoms with Crippen molar-refractivity contribution in [3.8, 4) is 0 Å². The SMILES string of the molecule is CS(=O)(=O)C(O)C(O)C(O)C(O)CO. The van der Waals surface area contributed by atoms with E-state index < -0.39 is 40.2 Å². The molecular weight excluding hydrogens is 216 g/mol. The summed E-state index contributed by atoms with van der Waals surface area (Å²) >= 11 is 0. The molecule has 0 bridgehead atoms. The van der Waals surface area contributed by atoms with Gasteiger partial charge in [-0.05, 0) is 0 Å². The Hall–Kier alpha value is -0.250. The van der Waals surface area contributed by atoms with Crippen molar-refractivity contribution in [2.24, 2.45) is 0 Å². The van der Waals surface area contributed by atoms with Crippen molar-refractivity contribution in [3.63, 3.8) is 0 Å². The molecule has 0 saturated heterocycles. The van der Waals surface area contributed by atoms with Crippen LogP contribution in [-0.2, 0) is 9.84 Å². The Bertz CT molecular complexity index is 261. The Morgan fingerprint density at radius 3 is 1.79 bits per heavy atom. The van der Waals surface area contributed by atoms with Gasteiger partial charge in [0.1, 0.15) is 18.3 Å². The second-order valence-electron chi connectivity index (χ2n) is 2.95. The van der Waals surface area contributed by atoms with Crippen molar-refractivity contribution in [1.82, 2.24) is 0 Å². The first-order chi connectivity index (χ1) is 6.21. The van der Waals surface area contributed by atoms with E-state index in [4.69, 9.17) is 25.5 Å². The molecular formula is C6H14O7S. The molecule has 0 spiro atoms. The third-order valence-electron chi connectivity index (χ3n) is 1.66. The van der Waals surface area contributed by atoms with Crippen LogP contribution >= 0.6 is 0 Å². The van der Waals surface area contributed by atoms with E-state index >= 15 is 0 Å². The second-order valence-corrected chi connectivity index (χ2v) is 5.09. The molecule has 0 aliphatic carbocycles. The third kappa shape index (κ3) is 3.48. The first-order valence-electron chi connectivity index (χ1n) is 3.73. The van der Waals surface area contributed by atoms with E-state index in [1.165, 1.54) is 0 Å². The van der Waals surface area contributed by atoms with Gasteiger partial charge in [0, 0.05) is 6.26 Å². The van der Waals surface area contributed by atoms with E-state index in [1.807, 2.05) is 0 Å². The molecule has 0 heterocycles. The second kappa shape index (κ2) is 5.01. The van der Waals surface area contributed by atoms with Crippen LogP contribution in [0.25, 0.3) is 0 Å². The molecule has 0 radical (unpaired) electrons. The monoisotopic (exact) mass is 230 g/mol. The van der Waals surface area contributed by atoms with Crippen molar-refractivity contribution in [2.45, 2.75) is 23.7 Å². The quantitative estimate of drug-likeness (QED) is 0.329. The molecule has 8 heteroatoms. The van der Waals surface area contributed by atoms with E-state index in [0.29, 0.717) is 6.26 Å². The van der Waals surface area contributed by atoms with Gasteiger partial charge >= 0.3 is 0 Å². The maximum Gasteiger partial charge on any atom is 0.183 e. The van der Waals surface area contributed by atoms with Crippen molar-refractivity contribution in [3.05, 3.63) is 0 Å². The molecule has 0 saturated carbocycles. The van der Waals surface area contributed by atoms with Crippen molar-refractivity contribution >= 4 is 9.84 Å². The maximum atomic E-state index is 10.7. The Labute approximate surface area is 81.2 Å². The molecule has 0 aromatic carbocycles. The van der Waals surface area contributed by atoms with E-state index in [2.05, 4.69) is 0 Å². The molecule has 5 N–H and O–H groups in total. The fourth-order valence-electron chi connectivity index (χ4n) is 0.758. The van der Waals surface area contributed by atoms with Gasteiger partial charge in [-0.15, -0.1) is 0 Å². The summed E-state index contributed by atoms with van der Waals surface area (Å²) < 4.78 is 21.4. The first kappa shape index (κ1) is 13.8. The average molecular weight is 230 g/mol. The van der Waals surface area contributed by atoms with Crippen molar-refractivity contribution in [2.75, 3.05) is 12.9 Å². The third-order valence-corrected chi connectivity index (χ3v) is 2.82. The van der Waals surface area contributed by atoms with Gasteiger partial charge in [0.25, 0.3) is 0 Å². The van der Waals surface area contributed by atoms with Gasteiger partial charge in [-0.1, -0.05) is 0 Å². The summed E-state index contributed by atoms with van der Waals surface area (Å²) in [6.07, 6.45) is -5.03. The largest absolute Gasteiger partial charge is 0.394 e. The number of aliphatic hydroxyl groups is 5. The smallest absolute Gasteiger partial charge is 0.183 e. The van der Waals surface area contributed by atoms with Crippen LogP contribution in [0.5, 0.6) is 0 Å². The van der Waals surface area contributed by atoms with Crippen LogP contribution in [0.2, 0.25) is 0 Å². The fourth-order valence-corrected chi connectivity index (χ4v) is 1.43. The van der Waals surface area contributed by atoms with Crippen LogP contribution in [0.4, 0.5) is 0 Å². The number of sulfone groups is 1. The van der Waals surface area contributed by atoms with E-state index in [0.717, 1.165) is 0 Å². The lowest BCUT2D eigenvalue weighted by Crippen LogP contribution is -2.48. The molecule has 0 amide bonds. The molecule has 0 aromatic rings. The highest BCUT2D eigenvalue weighted by Gasteiger charge is 2.35. The van der Waals surface area contributed by atoms with E-state index in [1.54, 1.807) is 0 Å². The van der Waals surface area contributed by atoms with Crippen LogP contribution in [-0.4, -0.2) is 70.6 Å². The van der Waals surface area contributed by atoms with Gasteiger partial charge in [0.2, 0.25) is 0 Å². The summed E-state index contributed by atoms with van der Waals surface area (Å²) in [5.74, 6) is 0. The summed E-state index contributed by atoms with van der Waals surface area (Å²) in [6, 6.07) is 0. The molecule has 0 rings (SSSR count). The van der Waals surface area contributed by atoms with E-state index in [-0.39, 0.29) is 0 Å². The van der Waals surface area contributed by atoms with Crippen LogP contribution in [0.15, 0.2) is 0 Å². The normalized spacial score (nSPS) is 21.3. The average Bonchev–Trinajstić information content (AvgIpc) is 2.11. The summed E-state index contributed by atoms with van der Waals surface area (Å²) in [4.78, 5) is 0. The zero-order valence-corrected chi connectivity index (χ0v) is 8.29. The molecule has 14 heavy (non-hydrogen) atoms. The van der Waals surface area contributed by atoms with Crippen LogP contribution in [0.3, 0.4) is 0 Å². The minimum absolute atomic E-state index is 0.666. The highest BCUT2D eigenvalue weighted by atomic mass is 32.2. The summed E-state index contributed by atoms with van der Waals surface area (Å²) in [6.45, 7) is -0.852. The van der Waals surface area contributed by atoms with E-state index in [9.17, 15) is 8.42 Å². The van der Waals surface area contributed by atoms with Gasteiger partial charge < -0.3 is 25.5 Å². The van der Waals surface area contributed by atoms with Crippen LogP contribution < -0.4 is 0 Å². The first-order valence-corrected chi connectivity index (χ1v) is 5.69. The molecule has 0 aromatic heterocycles. The Morgan fingerprint density at radius 2 is 1.50 bits per heavy atom. The zero-order valence-electron chi connectivity index (χ0n) is 7.48. The lowest BCUT2D eigenvalue weighted by molar-refractivity contribution is -0.0980. The summed E-state index contributed by atoms with van der Waals surface area (Å²) in [5, 5.41) is 44.3. The Balaban J connectivity index is 4.55. The highest BCUT2D eigenvalue weighted by molar-refractivity contribution is 7.91. The molecule has 7 nitrogen and oxygen atoms in total. The van der Waals surface area contributed by atoms with Gasteiger partial charge in [-0.3, -0.25) is 0 Å². The lowest BCUT2D eigenvalue weighted by Gasteiger charge is -2.24. The molecule has 86 valence electrons. The maximum absolute atomic E-state index is 10.7. The predicted octanol–water partition coefficient (Wildman–Crippen LogP) is -3.58. The number of hydrogen-bond acceptors (Lipinski definition) is 7. The fraction of sp³-hybridized carbons (Fsp3) is 1.00. The number of rotatable bonds is 5. The van der Waals surface area contributed by atoms with Gasteiger partial charge in [0.15, 0.2) is 15.3 Å². The highest BCUT2D eigenvalue weighted by Crippen LogP contribution is 2.09. The molecule has 0 aliphatic heterocycles. The molecule has 0 aliphatic rings. The summed E-state index contributed by atoms with van der Waals surface area (Å²) in [7, 11) is -3.94. The Morgan fingerprint density at radius 1 is 1.07 bits per heavy atom. The summed E-state index contributed by atoms with van der Waals surface area (Å²) in [5.41, 5.74) is -2.20. The number of hydrogen-bond donors (Lipinski definition) is 5. The molecule has 0 fully saturated rings. The lowest BCUT2D eigenvalue weighted by atomic mass is 10.1.